The quantitative estimate of drug-likeness (QED) is 0.743. The van der Waals surface area contributed by atoms with Gasteiger partial charge in [0.15, 0.2) is 0 Å². The van der Waals surface area contributed by atoms with E-state index in [4.69, 9.17) is 4.74 Å². The van der Waals surface area contributed by atoms with Crippen LogP contribution in [0.3, 0.4) is 0 Å². The van der Waals surface area contributed by atoms with Crippen LogP contribution in [0.2, 0.25) is 0 Å². The molecule has 29 heavy (non-hydrogen) atoms. The summed E-state index contributed by atoms with van der Waals surface area (Å²) in [4.78, 5) is 25.9. The lowest BCUT2D eigenvalue weighted by Gasteiger charge is -2.36. The summed E-state index contributed by atoms with van der Waals surface area (Å²) < 4.78 is 5.90. The van der Waals surface area contributed by atoms with Gasteiger partial charge < -0.3 is 14.7 Å². The van der Waals surface area contributed by atoms with Gasteiger partial charge in [0.05, 0.1) is 5.92 Å². The van der Waals surface area contributed by atoms with Crippen LogP contribution in [0.15, 0.2) is 60.2 Å². The Morgan fingerprint density at radius 2 is 1.79 bits per heavy atom. The molecule has 2 unspecified atom stereocenters. The van der Waals surface area contributed by atoms with E-state index in [1.807, 2.05) is 69.3 Å². The molecular formula is C24H27NO4. The van der Waals surface area contributed by atoms with Crippen LogP contribution in [0.25, 0.3) is 0 Å². The van der Waals surface area contributed by atoms with Crippen molar-refractivity contribution in [1.82, 2.24) is 4.90 Å². The molecule has 1 aliphatic rings. The number of likely N-dealkylation sites (tertiary alicyclic amines) is 1. The van der Waals surface area contributed by atoms with Crippen LogP contribution < -0.4 is 4.74 Å². The summed E-state index contributed by atoms with van der Waals surface area (Å²) in [6.07, 6.45) is 2.10. The molecule has 5 heteroatoms. The second kappa shape index (κ2) is 8.95. The van der Waals surface area contributed by atoms with Crippen molar-refractivity contribution in [2.45, 2.75) is 33.1 Å². The molecule has 0 aliphatic carbocycles. The van der Waals surface area contributed by atoms with Crippen LogP contribution >= 0.6 is 0 Å². The molecule has 1 amide bonds. The lowest BCUT2D eigenvalue weighted by molar-refractivity contribution is -0.145. The number of benzene rings is 2. The molecule has 5 nitrogen and oxygen atoms in total. The van der Waals surface area contributed by atoms with E-state index in [2.05, 4.69) is 0 Å². The van der Waals surface area contributed by atoms with Gasteiger partial charge in [-0.2, -0.15) is 0 Å². The average molecular weight is 393 g/mol. The highest BCUT2D eigenvalue weighted by Gasteiger charge is 2.34. The monoisotopic (exact) mass is 393 g/mol. The van der Waals surface area contributed by atoms with Gasteiger partial charge in [0, 0.05) is 25.1 Å². The van der Waals surface area contributed by atoms with Gasteiger partial charge in [-0.15, -0.1) is 0 Å². The van der Waals surface area contributed by atoms with Crippen LogP contribution in [0.1, 0.15) is 37.3 Å². The molecule has 0 saturated carbocycles. The Kier molecular flexibility index (Phi) is 6.37. The Hall–Kier alpha value is -3.08. The molecule has 0 aromatic heterocycles. The summed E-state index contributed by atoms with van der Waals surface area (Å²) in [5.41, 5.74) is 3.00. The zero-order chi connectivity index (χ0) is 21.0. The highest BCUT2D eigenvalue weighted by Crippen LogP contribution is 2.34. The topological polar surface area (TPSA) is 66.8 Å². The summed E-state index contributed by atoms with van der Waals surface area (Å²) in [6.45, 7) is 6.50. The van der Waals surface area contributed by atoms with Crippen molar-refractivity contribution >= 4 is 11.9 Å². The van der Waals surface area contributed by atoms with Crippen LogP contribution in [-0.4, -0.2) is 35.0 Å². The van der Waals surface area contributed by atoms with Gasteiger partial charge in [-0.1, -0.05) is 29.8 Å². The van der Waals surface area contributed by atoms with Crippen LogP contribution in [-0.2, 0) is 9.59 Å². The van der Waals surface area contributed by atoms with Gasteiger partial charge in [0.2, 0.25) is 5.91 Å². The van der Waals surface area contributed by atoms with Crippen molar-refractivity contribution in [1.29, 1.82) is 0 Å². The van der Waals surface area contributed by atoms with Crippen molar-refractivity contribution in [2.75, 3.05) is 13.1 Å². The summed E-state index contributed by atoms with van der Waals surface area (Å²) in [5, 5.41) is 9.59. The van der Waals surface area contributed by atoms with Crippen LogP contribution in [0, 0.1) is 12.8 Å². The Labute approximate surface area is 171 Å². The molecule has 2 aromatic carbocycles. The van der Waals surface area contributed by atoms with Crippen molar-refractivity contribution in [2.24, 2.45) is 5.92 Å². The SMILES string of the molecule is CC(C)=CC(=O)N1CC(C(=O)O)CC(c2ccc(Oc3ccccc3)cc2C)C1. The fourth-order valence-corrected chi connectivity index (χ4v) is 3.82. The molecule has 1 saturated heterocycles. The zero-order valence-corrected chi connectivity index (χ0v) is 17.1. The number of nitrogens with zero attached hydrogens (tertiary/aromatic N) is 1. The van der Waals surface area contributed by atoms with Crippen molar-refractivity contribution < 1.29 is 19.4 Å². The average Bonchev–Trinajstić information content (AvgIpc) is 2.68. The van der Waals surface area contributed by atoms with E-state index >= 15 is 0 Å². The fourth-order valence-electron chi connectivity index (χ4n) is 3.82. The minimum atomic E-state index is -0.855. The van der Waals surface area contributed by atoms with Crippen LogP contribution in [0.5, 0.6) is 11.5 Å². The lowest BCUT2D eigenvalue weighted by Crippen LogP contribution is -2.45. The minimum absolute atomic E-state index is 0.0230. The number of carbonyl (C=O) groups excluding carboxylic acids is 1. The molecule has 0 radical (unpaired) electrons. The highest BCUT2D eigenvalue weighted by atomic mass is 16.5. The molecule has 2 atom stereocenters. The van der Waals surface area contributed by atoms with E-state index in [-0.39, 0.29) is 18.4 Å². The molecular weight excluding hydrogens is 366 g/mol. The Morgan fingerprint density at radius 1 is 1.07 bits per heavy atom. The smallest absolute Gasteiger partial charge is 0.308 e. The van der Waals surface area contributed by atoms with E-state index in [1.54, 1.807) is 11.0 Å². The largest absolute Gasteiger partial charge is 0.481 e. The first-order valence-corrected chi connectivity index (χ1v) is 9.83. The third kappa shape index (κ3) is 5.25. The van der Waals surface area contributed by atoms with E-state index < -0.39 is 11.9 Å². The molecule has 0 bridgehead atoms. The third-order valence-corrected chi connectivity index (χ3v) is 5.18. The number of aryl methyl sites for hydroxylation is 1. The number of para-hydroxylation sites is 1. The van der Waals surface area contributed by atoms with E-state index in [9.17, 15) is 14.7 Å². The van der Waals surface area contributed by atoms with Gasteiger partial charge in [-0.3, -0.25) is 9.59 Å². The van der Waals surface area contributed by atoms with Crippen molar-refractivity contribution in [3.05, 3.63) is 71.3 Å². The molecule has 0 spiro atoms. The van der Waals surface area contributed by atoms with E-state index in [0.717, 1.165) is 28.2 Å². The molecule has 3 rings (SSSR count). The highest BCUT2D eigenvalue weighted by molar-refractivity contribution is 5.88. The van der Waals surface area contributed by atoms with E-state index in [0.29, 0.717) is 13.0 Å². The predicted octanol–water partition coefficient (Wildman–Crippen LogP) is 4.77. The maximum Gasteiger partial charge on any atom is 0.308 e. The first kappa shape index (κ1) is 20.6. The maximum absolute atomic E-state index is 12.5. The van der Waals surface area contributed by atoms with Gasteiger partial charge in [-0.25, -0.2) is 0 Å². The van der Waals surface area contributed by atoms with Crippen molar-refractivity contribution in [3.63, 3.8) is 0 Å². The van der Waals surface area contributed by atoms with Gasteiger partial charge in [0.1, 0.15) is 11.5 Å². The summed E-state index contributed by atoms with van der Waals surface area (Å²) in [5.74, 6) is -0.0654. The van der Waals surface area contributed by atoms with Gasteiger partial charge in [0.25, 0.3) is 0 Å². The summed E-state index contributed by atoms with van der Waals surface area (Å²) in [7, 11) is 0. The molecule has 1 aliphatic heterocycles. The normalized spacial score (nSPS) is 18.8. The van der Waals surface area contributed by atoms with Gasteiger partial charge >= 0.3 is 5.97 Å². The van der Waals surface area contributed by atoms with Gasteiger partial charge in [-0.05, 0) is 62.6 Å². The zero-order valence-electron chi connectivity index (χ0n) is 17.1. The standard InChI is InChI=1S/C24H27NO4/c1-16(2)11-23(26)25-14-18(13-19(15-25)24(27)28)22-10-9-21(12-17(22)3)29-20-7-5-4-6-8-20/h4-12,18-19H,13-15H2,1-3H3,(H,27,28). The molecule has 152 valence electrons. The number of ether oxygens (including phenoxy) is 1. The van der Waals surface area contributed by atoms with Crippen molar-refractivity contribution in [3.8, 4) is 11.5 Å². The second-order valence-corrected chi connectivity index (χ2v) is 7.87. The molecule has 1 heterocycles. The number of hydrogen-bond acceptors (Lipinski definition) is 3. The fraction of sp³-hybridized carbons (Fsp3) is 0.333. The number of allylic oxidation sites excluding steroid dienone is 1. The second-order valence-electron chi connectivity index (χ2n) is 7.87. The lowest BCUT2D eigenvalue weighted by atomic mass is 9.82. The first-order valence-electron chi connectivity index (χ1n) is 9.83. The number of amides is 1. The molecule has 1 N–H and O–H groups in total. The first-order chi connectivity index (χ1) is 13.8. The molecule has 2 aromatic rings. The summed E-state index contributed by atoms with van der Waals surface area (Å²) in [6, 6.07) is 15.4. The Balaban J connectivity index is 1.82. The number of hydrogen-bond donors (Lipinski definition) is 1. The molecule has 1 fully saturated rings. The predicted molar refractivity (Wildman–Crippen MR) is 112 cm³/mol. The Morgan fingerprint density at radius 3 is 2.41 bits per heavy atom. The number of rotatable bonds is 5. The van der Waals surface area contributed by atoms with Crippen LogP contribution in [0.4, 0.5) is 0 Å². The Bertz CT molecular complexity index is 916. The number of carboxylic acids is 1. The number of carbonyl (C=O) groups is 2. The maximum atomic E-state index is 12.5. The number of aliphatic carboxylic acids is 1. The number of carboxylic acid groups (broad SMARTS) is 1. The third-order valence-electron chi connectivity index (χ3n) is 5.18. The van der Waals surface area contributed by atoms with E-state index in [1.165, 1.54) is 0 Å². The number of piperidine rings is 1. The summed E-state index contributed by atoms with van der Waals surface area (Å²) >= 11 is 0. The minimum Gasteiger partial charge on any atom is -0.481 e.